The van der Waals surface area contributed by atoms with Gasteiger partial charge < -0.3 is 4.57 Å². The van der Waals surface area contributed by atoms with Gasteiger partial charge in [-0.3, -0.25) is 5.10 Å². The van der Waals surface area contributed by atoms with Crippen molar-refractivity contribution in [3.05, 3.63) is 10.6 Å². The third-order valence-electron chi connectivity index (χ3n) is 2.74. The van der Waals surface area contributed by atoms with Crippen LogP contribution in [0.3, 0.4) is 0 Å². The Labute approximate surface area is 96.9 Å². The molecular formula is C11H21N3S. The number of hydrogen-bond donors (Lipinski definition) is 1. The molecule has 0 aliphatic rings. The molecule has 15 heavy (non-hydrogen) atoms. The number of aromatic amines is 1. The van der Waals surface area contributed by atoms with Crippen LogP contribution in [0.15, 0.2) is 0 Å². The minimum Gasteiger partial charge on any atom is -0.304 e. The van der Waals surface area contributed by atoms with Gasteiger partial charge in [0.05, 0.1) is 0 Å². The monoisotopic (exact) mass is 227 g/mol. The predicted octanol–water partition coefficient (Wildman–Crippen LogP) is 3.36. The zero-order chi connectivity index (χ0) is 11.6. The van der Waals surface area contributed by atoms with Crippen LogP contribution in [0.2, 0.25) is 0 Å². The van der Waals surface area contributed by atoms with E-state index < -0.39 is 0 Å². The number of nitrogens with one attached hydrogen (secondary N) is 1. The fraction of sp³-hybridized carbons (Fsp3) is 0.818. The Morgan fingerprint density at radius 3 is 2.33 bits per heavy atom. The van der Waals surface area contributed by atoms with Gasteiger partial charge in [-0.05, 0) is 24.1 Å². The number of aromatic nitrogens is 3. The molecule has 0 aliphatic carbocycles. The fourth-order valence-electron chi connectivity index (χ4n) is 1.52. The summed E-state index contributed by atoms with van der Waals surface area (Å²) in [6.45, 7) is 12.0. The van der Waals surface area contributed by atoms with Crippen LogP contribution in [0, 0.1) is 16.6 Å². The second-order valence-corrected chi connectivity index (χ2v) is 5.31. The Balaban J connectivity index is 3.03. The predicted molar refractivity (Wildman–Crippen MR) is 65.5 cm³/mol. The van der Waals surface area contributed by atoms with Crippen molar-refractivity contribution in [1.29, 1.82) is 0 Å². The number of hydrogen-bond acceptors (Lipinski definition) is 2. The summed E-state index contributed by atoms with van der Waals surface area (Å²) in [6, 6.07) is 0. The molecule has 1 heterocycles. The van der Waals surface area contributed by atoms with Crippen LogP contribution in [-0.4, -0.2) is 14.8 Å². The van der Waals surface area contributed by atoms with E-state index in [-0.39, 0.29) is 0 Å². The standard InChI is InChI=1S/C11H21N3S/c1-7(2)6-14-10(9(5)8(3)4)12-13-11(14)15/h7-9H,6H2,1-5H3,(H,13,15). The lowest BCUT2D eigenvalue weighted by Gasteiger charge is -2.17. The molecule has 0 aliphatic heterocycles. The molecule has 0 saturated carbocycles. The molecule has 1 aromatic heterocycles. The van der Waals surface area contributed by atoms with Gasteiger partial charge in [-0.1, -0.05) is 34.6 Å². The second-order valence-electron chi connectivity index (χ2n) is 4.92. The second kappa shape index (κ2) is 4.92. The average molecular weight is 227 g/mol. The average Bonchev–Trinajstić information content (AvgIpc) is 2.46. The van der Waals surface area contributed by atoms with Crippen molar-refractivity contribution in [3.63, 3.8) is 0 Å². The van der Waals surface area contributed by atoms with Gasteiger partial charge in [-0.15, -0.1) is 0 Å². The zero-order valence-corrected chi connectivity index (χ0v) is 11.1. The van der Waals surface area contributed by atoms with Crippen LogP contribution in [0.4, 0.5) is 0 Å². The molecule has 0 radical (unpaired) electrons. The van der Waals surface area contributed by atoms with Gasteiger partial charge in [0.15, 0.2) is 4.77 Å². The van der Waals surface area contributed by atoms with E-state index in [9.17, 15) is 0 Å². The van der Waals surface area contributed by atoms with Gasteiger partial charge in [-0.25, -0.2) is 0 Å². The largest absolute Gasteiger partial charge is 0.304 e. The van der Waals surface area contributed by atoms with E-state index in [0.29, 0.717) is 17.8 Å². The smallest absolute Gasteiger partial charge is 0.195 e. The van der Waals surface area contributed by atoms with Crippen LogP contribution in [0.5, 0.6) is 0 Å². The fourth-order valence-corrected chi connectivity index (χ4v) is 1.73. The molecule has 0 bridgehead atoms. The van der Waals surface area contributed by atoms with Crippen LogP contribution >= 0.6 is 12.2 Å². The summed E-state index contributed by atoms with van der Waals surface area (Å²) in [5.74, 6) is 2.70. The Morgan fingerprint density at radius 2 is 1.87 bits per heavy atom. The highest BCUT2D eigenvalue weighted by Gasteiger charge is 2.17. The summed E-state index contributed by atoms with van der Waals surface area (Å²) in [6.07, 6.45) is 0. The van der Waals surface area contributed by atoms with Crippen LogP contribution in [0.1, 0.15) is 46.4 Å². The molecule has 1 atom stereocenters. The molecule has 0 fully saturated rings. The molecule has 0 aromatic carbocycles. The Kier molecular flexibility index (Phi) is 4.08. The summed E-state index contributed by atoms with van der Waals surface area (Å²) < 4.78 is 2.87. The maximum absolute atomic E-state index is 5.24. The molecule has 86 valence electrons. The molecular weight excluding hydrogens is 206 g/mol. The van der Waals surface area contributed by atoms with Gasteiger partial charge in [0.1, 0.15) is 5.82 Å². The van der Waals surface area contributed by atoms with Gasteiger partial charge >= 0.3 is 0 Å². The molecule has 0 spiro atoms. The SMILES string of the molecule is CC(C)Cn1c(C(C)C(C)C)n[nH]c1=S. The first kappa shape index (κ1) is 12.4. The topological polar surface area (TPSA) is 33.6 Å². The van der Waals surface area contributed by atoms with E-state index in [4.69, 9.17) is 12.2 Å². The van der Waals surface area contributed by atoms with Crippen molar-refractivity contribution in [2.45, 2.75) is 47.1 Å². The quantitative estimate of drug-likeness (QED) is 0.800. The van der Waals surface area contributed by atoms with E-state index in [0.717, 1.165) is 17.1 Å². The van der Waals surface area contributed by atoms with Gasteiger partial charge in [0.25, 0.3) is 0 Å². The van der Waals surface area contributed by atoms with Crippen molar-refractivity contribution >= 4 is 12.2 Å². The molecule has 0 saturated heterocycles. The third kappa shape index (κ3) is 2.91. The lowest BCUT2D eigenvalue weighted by molar-refractivity contribution is 0.447. The summed E-state index contributed by atoms with van der Waals surface area (Å²) in [5.41, 5.74) is 0. The minimum atomic E-state index is 0.441. The Bertz CT molecular complexity index is 362. The van der Waals surface area contributed by atoms with Crippen molar-refractivity contribution in [2.75, 3.05) is 0 Å². The summed E-state index contributed by atoms with van der Waals surface area (Å²) >= 11 is 5.24. The number of rotatable bonds is 4. The number of nitrogens with zero attached hydrogens (tertiary/aromatic N) is 2. The van der Waals surface area contributed by atoms with Crippen molar-refractivity contribution in [1.82, 2.24) is 14.8 Å². The molecule has 1 rings (SSSR count). The van der Waals surface area contributed by atoms with Gasteiger partial charge in [-0.2, -0.15) is 5.10 Å². The third-order valence-corrected chi connectivity index (χ3v) is 3.05. The molecule has 4 heteroatoms. The maximum Gasteiger partial charge on any atom is 0.195 e. The summed E-state index contributed by atoms with van der Waals surface area (Å²) in [4.78, 5) is 0. The first-order valence-corrected chi connectivity index (χ1v) is 5.99. The highest BCUT2D eigenvalue weighted by Crippen LogP contribution is 2.22. The Hall–Kier alpha value is -0.640. The van der Waals surface area contributed by atoms with E-state index in [1.807, 2.05) is 0 Å². The lowest BCUT2D eigenvalue weighted by Crippen LogP contribution is -2.14. The first-order chi connectivity index (χ1) is 6.93. The molecule has 0 amide bonds. The normalized spacial score (nSPS) is 13.8. The van der Waals surface area contributed by atoms with E-state index in [1.165, 1.54) is 0 Å². The lowest BCUT2D eigenvalue weighted by atomic mass is 9.97. The molecule has 3 nitrogen and oxygen atoms in total. The van der Waals surface area contributed by atoms with Gasteiger partial charge in [0.2, 0.25) is 0 Å². The van der Waals surface area contributed by atoms with Gasteiger partial charge in [0, 0.05) is 12.5 Å². The van der Waals surface area contributed by atoms with Crippen molar-refractivity contribution < 1.29 is 0 Å². The number of H-pyrrole nitrogens is 1. The first-order valence-electron chi connectivity index (χ1n) is 5.58. The highest BCUT2D eigenvalue weighted by atomic mass is 32.1. The van der Waals surface area contributed by atoms with E-state index in [1.54, 1.807) is 0 Å². The van der Waals surface area contributed by atoms with E-state index in [2.05, 4.69) is 49.4 Å². The van der Waals surface area contributed by atoms with E-state index >= 15 is 0 Å². The molecule has 1 unspecified atom stereocenters. The minimum absolute atomic E-state index is 0.441. The summed E-state index contributed by atoms with van der Waals surface area (Å²) in [5, 5.41) is 7.23. The zero-order valence-electron chi connectivity index (χ0n) is 10.2. The van der Waals surface area contributed by atoms with Crippen molar-refractivity contribution in [2.24, 2.45) is 11.8 Å². The Morgan fingerprint density at radius 1 is 1.27 bits per heavy atom. The van der Waals surface area contributed by atoms with Crippen molar-refractivity contribution in [3.8, 4) is 0 Å². The van der Waals surface area contributed by atoms with Crippen LogP contribution < -0.4 is 0 Å². The summed E-state index contributed by atoms with van der Waals surface area (Å²) in [7, 11) is 0. The maximum atomic E-state index is 5.24. The molecule has 1 N–H and O–H groups in total. The van der Waals surface area contributed by atoms with Crippen LogP contribution in [0.25, 0.3) is 0 Å². The molecule has 1 aromatic rings. The highest BCUT2D eigenvalue weighted by molar-refractivity contribution is 7.71. The van der Waals surface area contributed by atoms with Crippen LogP contribution in [-0.2, 0) is 6.54 Å².